The van der Waals surface area contributed by atoms with E-state index < -0.39 is 5.60 Å². The Morgan fingerprint density at radius 3 is 2.80 bits per heavy atom. The monoisotopic (exact) mass is 209 g/mol. The van der Waals surface area contributed by atoms with Crippen molar-refractivity contribution in [3.63, 3.8) is 0 Å². The van der Waals surface area contributed by atoms with Gasteiger partial charge in [-0.2, -0.15) is 0 Å². The molecule has 0 saturated carbocycles. The van der Waals surface area contributed by atoms with Crippen LogP contribution in [0.3, 0.4) is 0 Å². The molecule has 0 bridgehead atoms. The molecule has 0 N–H and O–H groups in total. The van der Waals surface area contributed by atoms with Gasteiger partial charge >= 0.3 is 5.97 Å². The minimum atomic E-state index is -0.462. The Morgan fingerprint density at radius 2 is 2.40 bits per heavy atom. The molecule has 2 unspecified atom stereocenters. The Balaban J connectivity index is 2.80. The minimum Gasteiger partial charge on any atom is -0.456 e. The van der Waals surface area contributed by atoms with Gasteiger partial charge in [0.25, 0.3) is 0 Å². The van der Waals surface area contributed by atoms with Crippen LogP contribution in [0.2, 0.25) is 0 Å². The Morgan fingerprint density at radius 1 is 1.73 bits per heavy atom. The Hall–Kier alpha value is -1.01. The first kappa shape index (κ1) is 12.1. The normalized spacial score (nSPS) is 31.2. The molecule has 1 rings (SSSR count). The fourth-order valence-electron chi connectivity index (χ4n) is 2.05. The van der Waals surface area contributed by atoms with Crippen LogP contribution < -0.4 is 0 Å². The van der Waals surface area contributed by atoms with Crippen LogP contribution in [0.15, 0.2) is 0 Å². The van der Waals surface area contributed by atoms with Gasteiger partial charge in [-0.1, -0.05) is 6.92 Å². The molecule has 1 fully saturated rings. The highest BCUT2D eigenvalue weighted by atomic mass is 16.6. The summed E-state index contributed by atoms with van der Waals surface area (Å²) >= 11 is 0. The Labute approximate surface area is 91.8 Å². The van der Waals surface area contributed by atoms with E-state index in [9.17, 15) is 4.79 Å². The van der Waals surface area contributed by atoms with Crippen molar-refractivity contribution >= 4 is 5.97 Å². The van der Waals surface area contributed by atoms with Crippen molar-refractivity contribution in [2.24, 2.45) is 0 Å². The van der Waals surface area contributed by atoms with Gasteiger partial charge in [-0.3, -0.25) is 9.69 Å². The molecule has 0 radical (unpaired) electrons. The molecule has 1 heterocycles. The molecule has 15 heavy (non-hydrogen) atoms. The molecule has 0 aliphatic carbocycles. The number of rotatable bonds is 3. The first-order valence-electron chi connectivity index (χ1n) is 5.41. The van der Waals surface area contributed by atoms with E-state index in [0.29, 0.717) is 12.8 Å². The fraction of sp³-hybridized carbons (Fsp3) is 0.750. The minimum absolute atomic E-state index is 0.160. The third-order valence-electron chi connectivity index (χ3n) is 3.32. The van der Waals surface area contributed by atoms with E-state index in [1.54, 1.807) is 6.92 Å². The zero-order valence-electron chi connectivity index (χ0n) is 9.75. The maximum atomic E-state index is 11.4. The largest absolute Gasteiger partial charge is 0.456 e. The van der Waals surface area contributed by atoms with Crippen LogP contribution in [-0.4, -0.2) is 36.1 Å². The summed E-state index contributed by atoms with van der Waals surface area (Å²) in [7, 11) is 2.03. The van der Waals surface area contributed by atoms with Crippen molar-refractivity contribution in [3.05, 3.63) is 0 Å². The van der Waals surface area contributed by atoms with Gasteiger partial charge in [0.05, 0.1) is 6.42 Å². The van der Waals surface area contributed by atoms with E-state index in [1.807, 2.05) is 7.05 Å². The summed E-state index contributed by atoms with van der Waals surface area (Å²) in [6.45, 7) is 4.79. The zero-order chi connectivity index (χ0) is 11.5. The van der Waals surface area contributed by atoms with Gasteiger partial charge in [-0.25, -0.2) is 0 Å². The topological polar surface area (TPSA) is 29.5 Å². The SMILES string of the molecule is C#CCC1(OC(=O)CC)CCN(C)C1C. The molecule has 1 saturated heterocycles. The van der Waals surface area contributed by atoms with Crippen molar-refractivity contribution in [3.8, 4) is 12.3 Å². The number of likely N-dealkylation sites (N-methyl/N-ethyl adjacent to an activating group) is 1. The number of carbonyl (C=O) groups is 1. The first-order chi connectivity index (χ1) is 7.05. The second-order valence-corrected chi connectivity index (χ2v) is 4.18. The van der Waals surface area contributed by atoms with Gasteiger partial charge in [-0.05, 0) is 14.0 Å². The lowest BCUT2D eigenvalue weighted by Gasteiger charge is -2.33. The lowest BCUT2D eigenvalue weighted by Crippen LogP contribution is -2.44. The molecule has 0 aromatic heterocycles. The summed E-state index contributed by atoms with van der Waals surface area (Å²) in [5.41, 5.74) is -0.462. The van der Waals surface area contributed by atoms with Crippen LogP contribution in [0.25, 0.3) is 0 Å². The summed E-state index contributed by atoms with van der Waals surface area (Å²) in [5, 5.41) is 0. The predicted octanol–water partition coefficient (Wildman–Crippen LogP) is 1.43. The van der Waals surface area contributed by atoms with Gasteiger partial charge in [0, 0.05) is 25.4 Å². The Bertz CT molecular complexity index is 282. The maximum Gasteiger partial charge on any atom is 0.306 e. The van der Waals surface area contributed by atoms with Gasteiger partial charge in [0.1, 0.15) is 5.60 Å². The molecule has 3 nitrogen and oxygen atoms in total. The summed E-state index contributed by atoms with van der Waals surface area (Å²) in [4.78, 5) is 13.6. The van der Waals surface area contributed by atoms with Crippen molar-refractivity contribution in [2.45, 2.75) is 44.8 Å². The van der Waals surface area contributed by atoms with Crippen LogP contribution in [0.1, 0.15) is 33.1 Å². The van der Waals surface area contributed by atoms with E-state index in [2.05, 4.69) is 17.7 Å². The van der Waals surface area contributed by atoms with Crippen molar-refractivity contribution in [1.82, 2.24) is 4.90 Å². The first-order valence-corrected chi connectivity index (χ1v) is 5.41. The molecule has 1 aliphatic rings. The van der Waals surface area contributed by atoms with Crippen molar-refractivity contribution in [1.29, 1.82) is 0 Å². The molecule has 3 heteroatoms. The van der Waals surface area contributed by atoms with E-state index in [0.717, 1.165) is 13.0 Å². The smallest absolute Gasteiger partial charge is 0.306 e. The zero-order valence-corrected chi connectivity index (χ0v) is 9.75. The number of esters is 1. The third kappa shape index (κ3) is 2.32. The van der Waals surface area contributed by atoms with Gasteiger partial charge in [0.2, 0.25) is 0 Å². The van der Waals surface area contributed by atoms with Gasteiger partial charge in [0.15, 0.2) is 0 Å². The quantitative estimate of drug-likeness (QED) is 0.520. The van der Waals surface area contributed by atoms with Crippen LogP contribution in [0, 0.1) is 12.3 Å². The van der Waals surface area contributed by atoms with E-state index in [1.165, 1.54) is 0 Å². The highest BCUT2D eigenvalue weighted by molar-refractivity contribution is 5.69. The maximum absolute atomic E-state index is 11.4. The van der Waals surface area contributed by atoms with Gasteiger partial charge < -0.3 is 4.74 Å². The number of nitrogens with zero attached hydrogens (tertiary/aromatic N) is 1. The molecule has 2 atom stereocenters. The molecule has 0 spiro atoms. The van der Waals surface area contributed by atoms with Crippen LogP contribution in [0.4, 0.5) is 0 Å². The lowest BCUT2D eigenvalue weighted by molar-refractivity contribution is -0.161. The number of carbonyl (C=O) groups excluding carboxylic acids is 1. The third-order valence-corrected chi connectivity index (χ3v) is 3.32. The lowest BCUT2D eigenvalue weighted by atomic mass is 9.92. The second-order valence-electron chi connectivity index (χ2n) is 4.18. The molecular weight excluding hydrogens is 190 g/mol. The fourth-order valence-corrected chi connectivity index (χ4v) is 2.05. The predicted molar refractivity (Wildman–Crippen MR) is 59.3 cm³/mol. The highest BCUT2D eigenvalue weighted by Gasteiger charge is 2.45. The number of likely N-dealkylation sites (tertiary alicyclic amines) is 1. The standard InChI is InChI=1S/C12H19NO2/c1-5-7-12(15-11(14)6-2)8-9-13(4)10(12)3/h1,10H,6-9H2,2-4H3. The molecule has 1 aliphatic heterocycles. The van der Waals surface area contributed by atoms with Crippen LogP contribution >= 0.6 is 0 Å². The van der Waals surface area contributed by atoms with E-state index in [4.69, 9.17) is 11.2 Å². The molecule has 0 aromatic carbocycles. The number of terminal acetylenes is 1. The number of hydrogen-bond acceptors (Lipinski definition) is 3. The average Bonchev–Trinajstić information content (AvgIpc) is 2.48. The summed E-state index contributed by atoms with van der Waals surface area (Å²) in [5.74, 6) is 2.47. The summed E-state index contributed by atoms with van der Waals surface area (Å²) in [6.07, 6.45) is 7.10. The van der Waals surface area contributed by atoms with Crippen LogP contribution in [0.5, 0.6) is 0 Å². The number of ether oxygens (including phenoxy) is 1. The van der Waals surface area contributed by atoms with E-state index >= 15 is 0 Å². The second kappa shape index (κ2) is 4.67. The Kier molecular flexibility index (Phi) is 3.76. The van der Waals surface area contributed by atoms with E-state index in [-0.39, 0.29) is 12.0 Å². The molecule has 0 aromatic rings. The molecule has 84 valence electrons. The molecule has 0 amide bonds. The molecular formula is C12H19NO2. The summed E-state index contributed by atoms with van der Waals surface area (Å²) < 4.78 is 5.55. The number of hydrogen-bond donors (Lipinski definition) is 0. The van der Waals surface area contributed by atoms with Crippen molar-refractivity contribution < 1.29 is 9.53 Å². The summed E-state index contributed by atoms with van der Waals surface area (Å²) in [6, 6.07) is 0.198. The average molecular weight is 209 g/mol. The van der Waals surface area contributed by atoms with Crippen LogP contribution in [-0.2, 0) is 9.53 Å². The highest BCUT2D eigenvalue weighted by Crippen LogP contribution is 2.34. The van der Waals surface area contributed by atoms with Crippen molar-refractivity contribution in [2.75, 3.05) is 13.6 Å². The van der Waals surface area contributed by atoms with Gasteiger partial charge in [-0.15, -0.1) is 12.3 Å².